The molecule has 2 aromatic rings. The molecular weight excluding hydrogens is 507 g/mol. The van der Waals surface area contributed by atoms with Crippen molar-refractivity contribution in [3.63, 3.8) is 0 Å². The van der Waals surface area contributed by atoms with Gasteiger partial charge in [0.2, 0.25) is 0 Å². The third kappa shape index (κ3) is 6.54. The Balaban J connectivity index is 1.84. The van der Waals surface area contributed by atoms with Crippen molar-refractivity contribution in [2.45, 2.75) is 58.3 Å². The maximum atomic E-state index is 13.7. The molecule has 3 rings (SSSR count). The van der Waals surface area contributed by atoms with Crippen molar-refractivity contribution in [2.75, 3.05) is 6.61 Å². The molecule has 1 aromatic carbocycles. The Kier molecular flexibility index (Phi) is 8.73. The Hall–Kier alpha value is -3.27. The zero-order valence-corrected chi connectivity index (χ0v) is 21.6. The van der Waals surface area contributed by atoms with Gasteiger partial charge in [0, 0.05) is 12.3 Å². The molecule has 37 heavy (non-hydrogen) atoms. The molecular formula is C23H29N4O9P. The van der Waals surface area contributed by atoms with Gasteiger partial charge in [0.05, 0.1) is 18.8 Å². The number of aliphatic hydroxyl groups is 1. The van der Waals surface area contributed by atoms with Gasteiger partial charge in [-0.15, -0.1) is 0 Å². The van der Waals surface area contributed by atoms with Crippen LogP contribution in [0.3, 0.4) is 0 Å². The summed E-state index contributed by atoms with van der Waals surface area (Å²) in [6.07, 6.45) is -3.29. The number of hydrogen-bond acceptors (Lipinski definition) is 10. The van der Waals surface area contributed by atoms with E-state index in [4.69, 9.17) is 18.5 Å². The molecule has 0 saturated carbocycles. The number of carbonyl (C=O) groups excluding carboxylic acids is 1. The van der Waals surface area contributed by atoms with Crippen LogP contribution in [0.5, 0.6) is 5.75 Å². The van der Waals surface area contributed by atoms with Gasteiger partial charge >= 0.3 is 19.4 Å². The van der Waals surface area contributed by atoms with E-state index in [0.717, 1.165) is 16.8 Å². The minimum Gasteiger partial charge on any atom is -0.462 e. The minimum absolute atomic E-state index is 0.176. The number of nitrogens with zero attached hydrogens (tertiary/aromatic N) is 2. The predicted molar refractivity (Wildman–Crippen MR) is 129 cm³/mol. The van der Waals surface area contributed by atoms with Crippen LogP contribution in [0.25, 0.3) is 0 Å². The lowest BCUT2D eigenvalue weighted by Gasteiger charge is -2.26. The first-order valence-corrected chi connectivity index (χ1v) is 13.0. The number of aromatic nitrogens is 2. The molecule has 200 valence electrons. The van der Waals surface area contributed by atoms with Gasteiger partial charge in [0.25, 0.3) is 5.56 Å². The molecule has 6 atom stereocenters. The Morgan fingerprint density at radius 3 is 2.57 bits per heavy atom. The van der Waals surface area contributed by atoms with E-state index in [1.165, 1.54) is 26.0 Å². The molecule has 0 bridgehead atoms. The molecule has 0 radical (unpaired) electrons. The van der Waals surface area contributed by atoms with Gasteiger partial charge in [-0.25, -0.2) is 9.36 Å². The molecule has 1 saturated heterocycles. The van der Waals surface area contributed by atoms with E-state index in [-0.39, 0.29) is 5.75 Å². The molecule has 1 aliphatic rings. The summed E-state index contributed by atoms with van der Waals surface area (Å²) < 4.78 is 36.7. The third-order valence-electron chi connectivity index (χ3n) is 5.56. The molecule has 13 nitrogen and oxygen atoms in total. The van der Waals surface area contributed by atoms with Gasteiger partial charge in [-0.3, -0.25) is 23.7 Å². The fraction of sp³-hybridized carbons (Fsp3) is 0.478. The SMILES string of the molecule is CC(C)OC(=O)[C@@H](C)N[P@](=O)(OC[C@H]1O[C@@H](n2ccc(=O)[nH]c2=O)[C@](C)(C#N)[C@@H]1O)Oc1ccccc1. The number of nitriles is 1. The van der Waals surface area contributed by atoms with Gasteiger partial charge in [-0.05, 0) is 39.8 Å². The number of H-pyrrole nitrogens is 1. The molecule has 3 N–H and O–H groups in total. The van der Waals surface area contributed by atoms with Crippen LogP contribution in [-0.2, 0) is 23.4 Å². The van der Waals surface area contributed by atoms with E-state index < -0.39 is 67.6 Å². The van der Waals surface area contributed by atoms with Crippen LogP contribution >= 0.6 is 7.75 Å². The highest BCUT2D eigenvalue weighted by Gasteiger charge is 2.55. The van der Waals surface area contributed by atoms with Gasteiger partial charge < -0.3 is 19.1 Å². The second-order valence-corrected chi connectivity index (χ2v) is 10.6. The number of ether oxygens (including phenoxy) is 2. The first-order valence-electron chi connectivity index (χ1n) is 11.4. The molecule has 0 aliphatic carbocycles. The zero-order valence-electron chi connectivity index (χ0n) is 20.7. The summed E-state index contributed by atoms with van der Waals surface area (Å²) >= 11 is 0. The second-order valence-electron chi connectivity index (χ2n) is 8.92. The second kappa shape index (κ2) is 11.4. The summed E-state index contributed by atoms with van der Waals surface area (Å²) in [5, 5.41) is 23.2. The number of para-hydroxylation sites is 1. The first kappa shape index (κ1) is 28.3. The fourth-order valence-corrected chi connectivity index (χ4v) is 5.14. The molecule has 1 aromatic heterocycles. The van der Waals surface area contributed by atoms with Crippen molar-refractivity contribution >= 4 is 13.7 Å². The lowest BCUT2D eigenvalue weighted by atomic mass is 9.84. The topological polar surface area (TPSA) is 182 Å². The highest BCUT2D eigenvalue weighted by atomic mass is 31.2. The lowest BCUT2D eigenvalue weighted by molar-refractivity contribution is -0.149. The standard InChI is InChI=1S/C23H29N4O9P/c1-14(2)34-20(30)15(3)26-37(32,36-16-8-6-5-7-9-16)33-12-17-19(29)23(4,13-24)21(35-17)27-11-10-18(28)25-22(27)31/h5-11,14-15,17,19,21,29H,12H2,1-4H3,(H,26,32)(H,25,28,31)/t15-,17-,19-,21-,23-,37+/m1/s1. The van der Waals surface area contributed by atoms with Gasteiger partial charge in [0.1, 0.15) is 29.4 Å². The van der Waals surface area contributed by atoms with Crippen molar-refractivity contribution in [1.29, 1.82) is 5.26 Å². The maximum Gasteiger partial charge on any atom is 0.459 e. The van der Waals surface area contributed by atoms with E-state index in [9.17, 15) is 29.3 Å². The Labute approximate surface area is 212 Å². The summed E-state index contributed by atoms with van der Waals surface area (Å²) in [6.45, 7) is 5.58. The van der Waals surface area contributed by atoms with Crippen LogP contribution in [-0.4, -0.2) is 51.6 Å². The van der Waals surface area contributed by atoms with E-state index in [2.05, 4.69) is 10.1 Å². The molecule has 1 fully saturated rings. The molecule has 0 unspecified atom stereocenters. The minimum atomic E-state index is -4.27. The predicted octanol–water partition coefficient (Wildman–Crippen LogP) is 1.46. The normalized spacial score (nSPS) is 25.7. The number of carbonyl (C=O) groups is 1. The fourth-order valence-electron chi connectivity index (χ4n) is 3.64. The van der Waals surface area contributed by atoms with Crippen molar-refractivity contribution in [2.24, 2.45) is 5.41 Å². The van der Waals surface area contributed by atoms with Crippen LogP contribution in [0.15, 0.2) is 52.2 Å². The number of rotatable bonds is 10. The smallest absolute Gasteiger partial charge is 0.459 e. The number of aromatic amines is 1. The Bertz CT molecular complexity index is 1310. The monoisotopic (exact) mass is 536 g/mol. The number of esters is 1. The van der Waals surface area contributed by atoms with Crippen molar-refractivity contribution < 1.29 is 33.0 Å². The van der Waals surface area contributed by atoms with Crippen LogP contribution in [0.2, 0.25) is 0 Å². The molecule has 1 aliphatic heterocycles. The van der Waals surface area contributed by atoms with Gasteiger partial charge in [-0.1, -0.05) is 18.2 Å². The van der Waals surface area contributed by atoms with E-state index in [1.807, 2.05) is 6.07 Å². The Morgan fingerprint density at radius 2 is 1.97 bits per heavy atom. The average molecular weight is 536 g/mol. The third-order valence-corrected chi connectivity index (χ3v) is 7.21. The highest BCUT2D eigenvalue weighted by molar-refractivity contribution is 7.52. The largest absolute Gasteiger partial charge is 0.462 e. The summed E-state index contributed by atoms with van der Waals surface area (Å²) in [5.41, 5.74) is -3.12. The summed E-state index contributed by atoms with van der Waals surface area (Å²) in [6, 6.07) is 10.00. The van der Waals surface area contributed by atoms with E-state index in [1.54, 1.807) is 32.0 Å². The summed E-state index contributed by atoms with van der Waals surface area (Å²) in [4.78, 5) is 38.1. The summed E-state index contributed by atoms with van der Waals surface area (Å²) in [7, 11) is -4.27. The number of benzene rings is 1. The maximum absolute atomic E-state index is 13.7. The molecule has 0 spiro atoms. The van der Waals surface area contributed by atoms with Crippen molar-refractivity contribution in [3.8, 4) is 11.8 Å². The molecule has 14 heteroatoms. The van der Waals surface area contributed by atoms with Crippen LogP contribution in [0.1, 0.15) is 33.9 Å². The van der Waals surface area contributed by atoms with Crippen LogP contribution in [0, 0.1) is 16.7 Å². The quantitative estimate of drug-likeness (QED) is 0.295. The summed E-state index contributed by atoms with van der Waals surface area (Å²) in [5.74, 6) is -0.516. The molecule has 0 amide bonds. The van der Waals surface area contributed by atoms with Crippen LogP contribution < -0.4 is 20.9 Å². The van der Waals surface area contributed by atoms with Gasteiger partial charge in [0.15, 0.2) is 6.23 Å². The number of nitrogens with one attached hydrogen (secondary N) is 2. The van der Waals surface area contributed by atoms with E-state index in [0.29, 0.717) is 0 Å². The van der Waals surface area contributed by atoms with Crippen molar-refractivity contribution in [3.05, 3.63) is 63.4 Å². The van der Waals surface area contributed by atoms with Crippen LogP contribution in [0.4, 0.5) is 0 Å². The zero-order chi connectivity index (χ0) is 27.4. The number of aliphatic hydroxyl groups excluding tert-OH is 1. The number of hydrogen-bond donors (Lipinski definition) is 3. The Morgan fingerprint density at radius 1 is 1.30 bits per heavy atom. The van der Waals surface area contributed by atoms with Gasteiger partial charge in [-0.2, -0.15) is 10.3 Å². The molecule has 2 heterocycles. The lowest BCUT2D eigenvalue weighted by Crippen LogP contribution is -2.41. The van der Waals surface area contributed by atoms with Crippen molar-refractivity contribution in [1.82, 2.24) is 14.6 Å². The highest BCUT2D eigenvalue weighted by Crippen LogP contribution is 2.48. The first-order chi connectivity index (χ1) is 17.4. The van der Waals surface area contributed by atoms with E-state index >= 15 is 0 Å². The average Bonchev–Trinajstić information content (AvgIpc) is 3.08.